The van der Waals surface area contributed by atoms with E-state index >= 15 is 0 Å². The molecule has 4 aromatic rings. The minimum atomic E-state index is -1.17. The molecule has 19 N–H and O–H groups in total. The van der Waals surface area contributed by atoms with Crippen LogP contribution in [0.4, 0.5) is 22.7 Å². The zero-order valence-corrected chi connectivity index (χ0v) is 46.4. The molecule has 0 unspecified atom stereocenters. The summed E-state index contributed by atoms with van der Waals surface area (Å²) >= 11 is 0. The standard InChI is InChI=1S/C56H79N13O12/c1-78-45-21-17-33(29-37(45)49(62)70)64-54(75)42(14-6-10-26-58)67-51(72)39-31-35(19-23-47(39)80-3)66-56(77)44(16-8-12-28-60)69-52(73)40-32-36(20-24-48(40)81-4)65-55(76)43(15-7-11-27-59)68-50(71)38-30-34(18-22-46(38)79-2)63-53(74)41(61)13-5-9-25-57/h17-24,29-32,41-44H,5-16,25-28,57-61H2,1-4H3,(H2,62,70)(H,63,74)(H,64,75)(H,65,76)(H,66,77)(H,67,72)(H,68,71)(H,69,73)/t41-,42-,43-,44-/m1/s1. The van der Waals surface area contributed by atoms with Gasteiger partial charge in [0.1, 0.15) is 41.1 Å². The number of rotatable bonds is 35. The third kappa shape index (κ3) is 20.0. The van der Waals surface area contributed by atoms with Crippen molar-refractivity contribution in [2.24, 2.45) is 34.4 Å². The molecule has 0 aromatic heterocycles. The Hall–Kier alpha value is -8.36. The van der Waals surface area contributed by atoms with Crippen LogP contribution in [0.25, 0.3) is 0 Å². The van der Waals surface area contributed by atoms with E-state index in [0.717, 1.165) is 0 Å². The first-order chi connectivity index (χ1) is 38.9. The summed E-state index contributed by atoms with van der Waals surface area (Å²) in [6.07, 6.45) is 5.28. The lowest BCUT2D eigenvalue weighted by Gasteiger charge is -2.22. The summed E-state index contributed by atoms with van der Waals surface area (Å²) in [5, 5.41) is 19.3. The highest BCUT2D eigenvalue weighted by Gasteiger charge is 2.29. The molecule has 25 heteroatoms. The van der Waals surface area contributed by atoms with Crippen molar-refractivity contribution in [1.82, 2.24) is 16.0 Å². The molecular formula is C56H79N13O12. The molecule has 25 nitrogen and oxygen atoms in total. The Morgan fingerprint density at radius 3 is 0.914 bits per heavy atom. The predicted molar refractivity (Wildman–Crippen MR) is 308 cm³/mol. The molecular weight excluding hydrogens is 1050 g/mol. The number of carbonyl (C=O) groups excluding carboxylic acids is 8. The number of unbranched alkanes of at least 4 members (excludes halogenated alkanes) is 4. The van der Waals surface area contributed by atoms with Gasteiger partial charge in [0.15, 0.2) is 0 Å². The van der Waals surface area contributed by atoms with Gasteiger partial charge in [-0.3, -0.25) is 38.4 Å². The molecule has 0 saturated carbocycles. The van der Waals surface area contributed by atoms with Crippen molar-refractivity contribution >= 4 is 70.0 Å². The fourth-order valence-electron chi connectivity index (χ4n) is 8.42. The SMILES string of the molecule is COc1ccc(NC(=O)[C@@H](CCCCN)NC(=O)c2cc(NC(=O)[C@@H](CCCCN)NC(=O)c3cc(NC(=O)[C@@H](CCCCN)NC(=O)c4cc(NC(=O)[C@H](N)CCCCN)ccc4OC)ccc3OC)ccc2OC)cc1C(N)=O. The zero-order valence-electron chi connectivity index (χ0n) is 46.4. The number of primary amides is 1. The van der Waals surface area contributed by atoms with Crippen molar-refractivity contribution in [3.63, 3.8) is 0 Å². The largest absolute Gasteiger partial charge is 0.496 e. The summed E-state index contributed by atoms with van der Waals surface area (Å²) in [4.78, 5) is 109. The van der Waals surface area contributed by atoms with E-state index in [-0.39, 0.29) is 87.3 Å². The number of hydrogen-bond donors (Lipinski definition) is 13. The number of benzene rings is 4. The number of methoxy groups -OCH3 is 4. The molecule has 4 atom stereocenters. The van der Waals surface area contributed by atoms with Gasteiger partial charge in [-0.15, -0.1) is 0 Å². The van der Waals surface area contributed by atoms with Crippen LogP contribution in [-0.2, 0) is 19.2 Å². The van der Waals surface area contributed by atoms with Gasteiger partial charge in [-0.2, -0.15) is 0 Å². The average Bonchev–Trinajstić information content (AvgIpc) is 3.48. The zero-order chi connectivity index (χ0) is 59.4. The van der Waals surface area contributed by atoms with Crippen LogP contribution in [0.3, 0.4) is 0 Å². The van der Waals surface area contributed by atoms with E-state index in [0.29, 0.717) is 84.0 Å². The van der Waals surface area contributed by atoms with Crippen molar-refractivity contribution in [2.45, 2.75) is 101 Å². The van der Waals surface area contributed by atoms with Gasteiger partial charge in [-0.1, -0.05) is 6.42 Å². The quantitative estimate of drug-likeness (QED) is 0.0295. The van der Waals surface area contributed by atoms with E-state index in [9.17, 15) is 38.4 Å². The van der Waals surface area contributed by atoms with Crippen LogP contribution in [0.2, 0.25) is 0 Å². The van der Waals surface area contributed by atoms with Gasteiger partial charge < -0.3 is 90.6 Å². The van der Waals surface area contributed by atoms with Crippen molar-refractivity contribution in [3.05, 3.63) is 95.1 Å². The molecule has 0 bridgehead atoms. The second-order valence-corrected chi connectivity index (χ2v) is 18.8. The molecule has 0 aliphatic heterocycles. The predicted octanol–water partition coefficient (Wildman–Crippen LogP) is 2.81. The van der Waals surface area contributed by atoms with Gasteiger partial charge in [0, 0.05) is 22.7 Å². The maximum atomic E-state index is 14.2. The number of nitrogens with two attached hydrogens (primary N) is 6. The van der Waals surface area contributed by atoms with E-state index in [1.165, 1.54) is 95.2 Å². The van der Waals surface area contributed by atoms with Crippen LogP contribution < -0.4 is 90.6 Å². The topological polar surface area (TPSA) is 414 Å². The minimum Gasteiger partial charge on any atom is -0.496 e. The Balaban J connectivity index is 1.55. The maximum Gasteiger partial charge on any atom is 0.255 e. The minimum absolute atomic E-state index is 0.0325. The van der Waals surface area contributed by atoms with Crippen LogP contribution in [0.15, 0.2) is 72.8 Å². The molecule has 0 heterocycles. The van der Waals surface area contributed by atoms with E-state index in [1.807, 2.05) is 0 Å². The highest BCUT2D eigenvalue weighted by atomic mass is 16.5. The number of nitrogens with one attached hydrogen (secondary N) is 7. The van der Waals surface area contributed by atoms with E-state index in [4.69, 9.17) is 53.3 Å². The molecule has 440 valence electrons. The summed E-state index contributed by atoms with van der Waals surface area (Å²) in [5.41, 5.74) is 35.3. The van der Waals surface area contributed by atoms with Crippen LogP contribution in [0.5, 0.6) is 23.0 Å². The Kier molecular flexibility index (Phi) is 27.3. The smallest absolute Gasteiger partial charge is 0.255 e. The monoisotopic (exact) mass is 1130 g/mol. The lowest BCUT2D eigenvalue weighted by molar-refractivity contribution is -0.118. The van der Waals surface area contributed by atoms with Gasteiger partial charge in [0.2, 0.25) is 23.6 Å². The van der Waals surface area contributed by atoms with Crippen molar-refractivity contribution in [1.29, 1.82) is 0 Å². The van der Waals surface area contributed by atoms with Crippen LogP contribution in [-0.4, -0.2) is 126 Å². The van der Waals surface area contributed by atoms with E-state index in [1.54, 1.807) is 6.07 Å². The van der Waals surface area contributed by atoms with Crippen LogP contribution >= 0.6 is 0 Å². The van der Waals surface area contributed by atoms with E-state index < -0.39 is 71.4 Å². The molecule has 0 aliphatic rings. The third-order valence-corrected chi connectivity index (χ3v) is 12.9. The number of amides is 8. The number of anilines is 4. The second kappa shape index (κ2) is 33.9. The third-order valence-electron chi connectivity index (χ3n) is 12.9. The molecule has 8 amide bonds. The fourth-order valence-corrected chi connectivity index (χ4v) is 8.42. The van der Waals surface area contributed by atoms with Gasteiger partial charge in [0.25, 0.3) is 23.6 Å². The lowest BCUT2D eigenvalue weighted by atomic mass is 10.1. The summed E-state index contributed by atoms with van der Waals surface area (Å²) in [6, 6.07) is 13.3. The highest BCUT2D eigenvalue weighted by molar-refractivity contribution is 6.07. The lowest BCUT2D eigenvalue weighted by Crippen LogP contribution is -2.44. The van der Waals surface area contributed by atoms with Gasteiger partial charge >= 0.3 is 0 Å². The molecule has 0 radical (unpaired) electrons. The van der Waals surface area contributed by atoms with Gasteiger partial charge in [0.05, 0.1) is 56.7 Å². The number of hydrogen-bond acceptors (Lipinski definition) is 17. The summed E-state index contributed by atoms with van der Waals surface area (Å²) in [5.74, 6) is -4.64. The first-order valence-corrected chi connectivity index (χ1v) is 26.7. The molecule has 81 heavy (non-hydrogen) atoms. The van der Waals surface area contributed by atoms with Crippen molar-refractivity contribution in [3.8, 4) is 23.0 Å². The molecule has 0 spiro atoms. The average molecular weight is 1130 g/mol. The number of ether oxygens (including phenoxy) is 4. The Morgan fingerprint density at radius 2 is 0.642 bits per heavy atom. The molecule has 0 fully saturated rings. The van der Waals surface area contributed by atoms with Gasteiger partial charge in [-0.25, -0.2) is 0 Å². The Labute approximate surface area is 471 Å². The second-order valence-electron chi connectivity index (χ2n) is 18.8. The summed E-state index contributed by atoms with van der Waals surface area (Å²) in [7, 11) is 5.44. The maximum absolute atomic E-state index is 14.2. The first-order valence-electron chi connectivity index (χ1n) is 26.7. The normalized spacial score (nSPS) is 12.3. The van der Waals surface area contributed by atoms with Crippen LogP contribution in [0, 0.1) is 0 Å². The van der Waals surface area contributed by atoms with Crippen LogP contribution in [0.1, 0.15) is 118 Å². The molecule has 0 saturated heterocycles. The Bertz CT molecular complexity index is 2800. The highest BCUT2D eigenvalue weighted by Crippen LogP contribution is 2.28. The Morgan fingerprint density at radius 1 is 0.383 bits per heavy atom. The van der Waals surface area contributed by atoms with Crippen molar-refractivity contribution < 1.29 is 57.3 Å². The van der Waals surface area contributed by atoms with Crippen molar-refractivity contribution in [2.75, 3.05) is 75.9 Å². The van der Waals surface area contributed by atoms with E-state index in [2.05, 4.69) is 37.2 Å². The van der Waals surface area contributed by atoms with Gasteiger partial charge in [-0.05, 0) is 170 Å². The molecule has 4 rings (SSSR count). The first kappa shape index (κ1) is 65.2. The number of carbonyl (C=O) groups is 8. The summed E-state index contributed by atoms with van der Waals surface area (Å²) < 4.78 is 21.7. The molecule has 0 aliphatic carbocycles. The summed E-state index contributed by atoms with van der Waals surface area (Å²) in [6.45, 7) is 1.46. The molecule has 4 aromatic carbocycles. The fraction of sp³-hybridized carbons (Fsp3) is 0.429.